The van der Waals surface area contributed by atoms with Gasteiger partial charge in [0.2, 0.25) is 0 Å². The summed E-state index contributed by atoms with van der Waals surface area (Å²) in [5.74, 6) is -1.28. The van der Waals surface area contributed by atoms with E-state index >= 15 is 0 Å². The lowest BCUT2D eigenvalue weighted by atomic mass is 10.1. The third-order valence-electron chi connectivity index (χ3n) is 1.47. The Morgan fingerprint density at radius 3 is 2.23 bits per heavy atom. The topological polar surface area (TPSA) is 43.1 Å². The average Bonchev–Trinajstić information content (AvgIpc) is 2.07. The highest BCUT2D eigenvalue weighted by Crippen LogP contribution is 2.10. The van der Waals surface area contributed by atoms with Crippen LogP contribution in [-0.2, 0) is 0 Å². The van der Waals surface area contributed by atoms with Crippen molar-refractivity contribution in [3.63, 3.8) is 0 Å². The Hall–Kier alpha value is -1.38. The van der Waals surface area contributed by atoms with E-state index in [2.05, 4.69) is 0 Å². The minimum atomic E-state index is -0.722. The van der Waals surface area contributed by atoms with E-state index in [1.165, 1.54) is 12.1 Å². The van der Waals surface area contributed by atoms with Crippen molar-refractivity contribution in [3.8, 4) is 0 Å². The van der Waals surface area contributed by atoms with Crippen LogP contribution in [0, 0.1) is 12.7 Å². The number of hydrogen-bond acceptors (Lipinski definition) is 1. The summed E-state index contributed by atoms with van der Waals surface area (Å²) in [5, 5.41) is 0. The molecule has 3 heteroatoms. The number of aryl methyl sites for hydroxylation is 1. The van der Waals surface area contributed by atoms with Gasteiger partial charge in [-0.25, -0.2) is 4.39 Å². The van der Waals surface area contributed by atoms with Gasteiger partial charge in [-0.1, -0.05) is 26.0 Å². The van der Waals surface area contributed by atoms with Crippen LogP contribution in [0.4, 0.5) is 4.39 Å². The van der Waals surface area contributed by atoms with Gasteiger partial charge in [0.05, 0.1) is 5.56 Å². The minimum Gasteiger partial charge on any atom is -0.365 e. The Balaban J connectivity index is 0.000000671. The molecule has 0 unspecified atom stereocenters. The van der Waals surface area contributed by atoms with Crippen molar-refractivity contribution >= 4 is 5.91 Å². The summed E-state index contributed by atoms with van der Waals surface area (Å²) in [6.07, 6.45) is 0. The molecule has 0 saturated carbocycles. The molecule has 0 radical (unpaired) electrons. The number of primary amides is 1. The summed E-state index contributed by atoms with van der Waals surface area (Å²) in [6.45, 7) is 5.64. The summed E-state index contributed by atoms with van der Waals surface area (Å²) in [7, 11) is 0. The molecule has 0 spiro atoms. The van der Waals surface area contributed by atoms with Crippen LogP contribution >= 0.6 is 0 Å². The molecule has 1 amide bonds. The summed E-state index contributed by atoms with van der Waals surface area (Å²) >= 11 is 0. The molecule has 0 aliphatic carbocycles. The molecular weight excluding hydrogens is 169 g/mol. The van der Waals surface area contributed by atoms with E-state index < -0.39 is 11.7 Å². The zero-order valence-electron chi connectivity index (χ0n) is 8.10. The molecule has 1 aromatic rings. The molecule has 72 valence electrons. The van der Waals surface area contributed by atoms with Gasteiger partial charge in [0.25, 0.3) is 5.91 Å². The number of halogens is 1. The first kappa shape index (κ1) is 11.6. The van der Waals surface area contributed by atoms with Gasteiger partial charge in [0.1, 0.15) is 5.82 Å². The fraction of sp³-hybridized carbons (Fsp3) is 0.300. The summed E-state index contributed by atoms with van der Waals surface area (Å²) in [6, 6.07) is 4.40. The predicted octanol–water partition coefficient (Wildman–Crippen LogP) is 2.26. The Bertz CT molecular complexity index is 277. The lowest BCUT2D eigenvalue weighted by molar-refractivity contribution is 0.0996. The predicted molar refractivity (Wildman–Crippen MR) is 51.0 cm³/mol. The SMILES string of the molecule is CC.Cc1cccc(F)c1C(N)=O. The number of carbonyl (C=O) groups is 1. The van der Waals surface area contributed by atoms with Crippen molar-refractivity contribution in [1.29, 1.82) is 0 Å². The molecule has 2 N–H and O–H groups in total. The van der Waals surface area contributed by atoms with Gasteiger partial charge < -0.3 is 5.73 Å². The Labute approximate surface area is 77.6 Å². The van der Waals surface area contributed by atoms with Crippen LogP contribution in [0.3, 0.4) is 0 Å². The number of nitrogens with two attached hydrogens (primary N) is 1. The van der Waals surface area contributed by atoms with Crippen LogP contribution in [0.25, 0.3) is 0 Å². The van der Waals surface area contributed by atoms with Gasteiger partial charge in [-0.15, -0.1) is 0 Å². The Morgan fingerprint density at radius 1 is 1.38 bits per heavy atom. The van der Waals surface area contributed by atoms with Crippen molar-refractivity contribution in [1.82, 2.24) is 0 Å². The van der Waals surface area contributed by atoms with E-state index in [0.29, 0.717) is 5.56 Å². The maximum Gasteiger partial charge on any atom is 0.251 e. The van der Waals surface area contributed by atoms with E-state index in [0.717, 1.165) is 0 Å². The Morgan fingerprint density at radius 2 is 1.92 bits per heavy atom. The van der Waals surface area contributed by atoms with Gasteiger partial charge in [0, 0.05) is 0 Å². The number of rotatable bonds is 1. The zero-order valence-corrected chi connectivity index (χ0v) is 8.10. The lowest BCUT2D eigenvalue weighted by Crippen LogP contribution is -2.14. The summed E-state index contributed by atoms with van der Waals surface area (Å²) in [5.41, 5.74) is 5.48. The molecule has 0 aromatic heterocycles. The van der Waals surface area contributed by atoms with E-state index in [-0.39, 0.29) is 5.56 Å². The van der Waals surface area contributed by atoms with Crippen LogP contribution in [0.1, 0.15) is 29.8 Å². The number of carbonyl (C=O) groups excluding carboxylic acids is 1. The van der Waals surface area contributed by atoms with Crippen molar-refractivity contribution in [2.75, 3.05) is 0 Å². The third-order valence-corrected chi connectivity index (χ3v) is 1.47. The number of benzene rings is 1. The third kappa shape index (κ3) is 2.86. The largest absolute Gasteiger partial charge is 0.365 e. The lowest BCUT2D eigenvalue weighted by Gasteiger charge is -2.00. The average molecular weight is 183 g/mol. The monoisotopic (exact) mass is 183 g/mol. The Kier molecular flexibility index (Phi) is 4.74. The molecule has 0 atom stereocenters. The number of hydrogen-bond donors (Lipinski definition) is 1. The van der Waals surface area contributed by atoms with E-state index in [1.807, 2.05) is 13.8 Å². The van der Waals surface area contributed by atoms with Crippen LogP contribution < -0.4 is 5.73 Å². The first-order chi connectivity index (χ1) is 6.13. The molecule has 1 rings (SSSR count). The highest BCUT2D eigenvalue weighted by atomic mass is 19.1. The summed E-state index contributed by atoms with van der Waals surface area (Å²) < 4.78 is 12.8. The van der Waals surface area contributed by atoms with E-state index in [9.17, 15) is 9.18 Å². The highest BCUT2D eigenvalue weighted by molar-refractivity contribution is 5.94. The molecule has 0 aliphatic heterocycles. The van der Waals surface area contributed by atoms with Crippen molar-refractivity contribution in [2.45, 2.75) is 20.8 Å². The quantitative estimate of drug-likeness (QED) is 0.713. The van der Waals surface area contributed by atoms with Crippen LogP contribution in [0.2, 0.25) is 0 Å². The highest BCUT2D eigenvalue weighted by Gasteiger charge is 2.09. The first-order valence-corrected chi connectivity index (χ1v) is 4.18. The summed E-state index contributed by atoms with van der Waals surface area (Å²) in [4.78, 5) is 10.6. The molecule has 1 aromatic carbocycles. The molecule has 0 aliphatic rings. The van der Waals surface area contributed by atoms with Crippen LogP contribution in [-0.4, -0.2) is 5.91 Å². The van der Waals surface area contributed by atoms with Gasteiger partial charge >= 0.3 is 0 Å². The van der Waals surface area contributed by atoms with Crippen LogP contribution in [0.5, 0.6) is 0 Å². The van der Waals surface area contributed by atoms with E-state index in [1.54, 1.807) is 13.0 Å². The minimum absolute atomic E-state index is 0.0208. The second-order valence-electron chi connectivity index (χ2n) is 2.30. The second kappa shape index (κ2) is 5.30. The van der Waals surface area contributed by atoms with Crippen molar-refractivity contribution in [2.24, 2.45) is 5.73 Å². The zero-order chi connectivity index (χ0) is 10.4. The van der Waals surface area contributed by atoms with Gasteiger partial charge in [-0.05, 0) is 18.6 Å². The maximum absolute atomic E-state index is 12.8. The molecule has 0 saturated heterocycles. The number of amides is 1. The molecule has 0 heterocycles. The molecular formula is C10H14FNO. The molecule has 0 bridgehead atoms. The second-order valence-corrected chi connectivity index (χ2v) is 2.30. The fourth-order valence-corrected chi connectivity index (χ4v) is 0.944. The molecule has 0 fully saturated rings. The smallest absolute Gasteiger partial charge is 0.251 e. The van der Waals surface area contributed by atoms with Gasteiger partial charge in [-0.3, -0.25) is 4.79 Å². The van der Waals surface area contributed by atoms with Gasteiger partial charge in [-0.2, -0.15) is 0 Å². The standard InChI is InChI=1S/C8H8FNO.C2H6/c1-5-3-2-4-6(9)7(5)8(10)11;1-2/h2-4H,1H3,(H2,10,11);1-2H3. The van der Waals surface area contributed by atoms with Gasteiger partial charge in [0.15, 0.2) is 0 Å². The molecule has 2 nitrogen and oxygen atoms in total. The molecule has 13 heavy (non-hydrogen) atoms. The normalized spacial score (nSPS) is 8.62. The maximum atomic E-state index is 12.8. The van der Waals surface area contributed by atoms with Crippen LogP contribution in [0.15, 0.2) is 18.2 Å². The van der Waals surface area contributed by atoms with Crippen molar-refractivity contribution < 1.29 is 9.18 Å². The van der Waals surface area contributed by atoms with E-state index in [4.69, 9.17) is 5.73 Å². The fourth-order valence-electron chi connectivity index (χ4n) is 0.944. The van der Waals surface area contributed by atoms with Crippen molar-refractivity contribution in [3.05, 3.63) is 35.1 Å². The first-order valence-electron chi connectivity index (χ1n) is 4.18.